The molecular weight excluding hydrogens is 277 g/mol. The van der Waals surface area contributed by atoms with Crippen LogP contribution < -0.4 is 10.1 Å². The number of hydrogen-bond donors (Lipinski definition) is 1. The fourth-order valence-electron chi connectivity index (χ4n) is 1.27. The number of alkyl halides is 3. The van der Waals surface area contributed by atoms with Crippen LogP contribution in [0.25, 0.3) is 0 Å². The SMILES string of the molecule is CC(=O)N(C)CC(=O)Nc1ccc(OC(F)(F)F)cc1. The zero-order valence-electron chi connectivity index (χ0n) is 10.8. The molecule has 0 aliphatic carbocycles. The van der Waals surface area contributed by atoms with Crippen LogP contribution in [0, 0.1) is 0 Å². The van der Waals surface area contributed by atoms with E-state index in [1.165, 1.54) is 31.0 Å². The molecule has 0 atom stereocenters. The molecule has 110 valence electrons. The van der Waals surface area contributed by atoms with Crippen molar-refractivity contribution in [2.45, 2.75) is 13.3 Å². The first kappa shape index (κ1) is 15.8. The Morgan fingerprint density at radius 1 is 1.25 bits per heavy atom. The monoisotopic (exact) mass is 290 g/mol. The molecule has 0 saturated heterocycles. The molecule has 1 N–H and O–H groups in total. The van der Waals surface area contributed by atoms with Crippen LogP contribution in [0.1, 0.15) is 6.92 Å². The Labute approximate surface area is 113 Å². The Balaban J connectivity index is 2.57. The summed E-state index contributed by atoms with van der Waals surface area (Å²) < 4.78 is 39.5. The van der Waals surface area contributed by atoms with Crippen molar-refractivity contribution in [3.05, 3.63) is 24.3 Å². The summed E-state index contributed by atoms with van der Waals surface area (Å²) in [5, 5.41) is 2.45. The number of carbonyl (C=O) groups excluding carboxylic acids is 2. The van der Waals surface area contributed by atoms with Gasteiger partial charge in [-0.1, -0.05) is 0 Å². The molecule has 0 unspecified atom stereocenters. The minimum Gasteiger partial charge on any atom is -0.406 e. The van der Waals surface area contributed by atoms with Crippen molar-refractivity contribution >= 4 is 17.5 Å². The van der Waals surface area contributed by atoms with Crippen molar-refractivity contribution < 1.29 is 27.5 Å². The Kier molecular flexibility index (Phi) is 4.95. The number of amides is 2. The Morgan fingerprint density at radius 3 is 2.25 bits per heavy atom. The van der Waals surface area contributed by atoms with E-state index in [4.69, 9.17) is 0 Å². The van der Waals surface area contributed by atoms with E-state index < -0.39 is 12.3 Å². The lowest BCUT2D eigenvalue weighted by Crippen LogP contribution is -2.33. The molecule has 1 aromatic carbocycles. The number of rotatable bonds is 4. The number of nitrogens with one attached hydrogen (secondary N) is 1. The summed E-state index contributed by atoms with van der Waals surface area (Å²) in [4.78, 5) is 23.7. The van der Waals surface area contributed by atoms with Crippen molar-refractivity contribution in [3.8, 4) is 5.75 Å². The van der Waals surface area contributed by atoms with Crippen LogP contribution in [-0.2, 0) is 9.59 Å². The Morgan fingerprint density at radius 2 is 1.80 bits per heavy atom. The lowest BCUT2D eigenvalue weighted by molar-refractivity contribution is -0.274. The first-order valence-electron chi connectivity index (χ1n) is 5.55. The van der Waals surface area contributed by atoms with Crippen LogP contribution in [0.5, 0.6) is 5.75 Å². The van der Waals surface area contributed by atoms with Gasteiger partial charge in [0.15, 0.2) is 0 Å². The molecule has 0 aliphatic rings. The first-order chi connectivity index (χ1) is 9.17. The summed E-state index contributed by atoms with van der Waals surface area (Å²) in [6, 6.07) is 4.70. The Hall–Kier alpha value is -2.25. The van der Waals surface area contributed by atoms with E-state index >= 15 is 0 Å². The molecule has 2 amide bonds. The molecule has 1 aromatic rings. The quantitative estimate of drug-likeness (QED) is 0.922. The lowest BCUT2D eigenvalue weighted by Gasteiger charge is -2.14. The average Bonchev–Trinajstić information content (AvgIpc) is 2.29. The van der Waals surface area contributed by atoms with Gasteiger partial charge in [-0.3, -0.25) is 9.59 Å². The summed E-state index contributed by atoms with van der Waals surface area (Å²) in [6.07, 6.45) is -4.75. The molecule has 0 aliphatic heterocycles. The van der Waals surface area contributed by atoms with Gasteiger partial charge < -0.3 is 15.0 Å². The minimum absolute atomic E-state index is 0.143. The first-order valence-corrected chi connectivity index (χ1v) is 5.55. The molecule has 0 heterocycles. The molecule has 0 radical (unpaired) electrons. The predicted octanol–water partition coefficient (Wildman–Crippen LogP) is 2.00. The van der Waals surface area contributed by atoms with E-state index in [-0.39, 0.29) is 18.2 Å². The number of likely N-dealkylation sites (N-methyl/N-ethyl adjacent to an activating group) is 1. The van der Waals surface area contributed by atoms with E-state index in [0.29, 0.717) is 5.69 Å². The number of nitrogens with zero attached hydrogens (tertiary/aromatic N) is 1. The van der Waals surface area contributed by atoms with Gasteiger partial charge in [0.05, 0.1) is 6.54 Å². The van der Waals surface area contributed by atoms with Gasteiger partial charge in [-0.05, 0) is 24.3 Å². The largest absolute Gasteiger partial charge is 0.573 e. The summed E-state index contributed by atoms with van der Waals surface area (Å²) in [5.74, 6) is -1.10. The lowest BCUT2D eigenvalue weighted by atomic mass is 10.3. The molecule has 0 bridgehead atoms. The third-order valence-electron chi connectivity index (χ3n) is 2.29. The van der Waals surface area contributed by atoms with Gasteiger partial charge in [0.1, 0.15) is 5.75 Å². The summed E-state index contributed by atoms with van der Waals surface area (Å²) in [5.41, 5.74) is 0.307. The maximum Gasteiger partial charge on any atom is 0.573 e. The van der Waals surface area contributed by atoms with Gasteiger partial charge in [-0.15, -0.1) is 13.2 Å². The fraction of sp³-hybridized carbons (Fsp3) is 0.333. The average molecular weight is 290 g/mol. The molecule has 8 heteroatoms. The number of benzene rings is 1. The van der Waals surface area contributed by atoms with E-state index in [2.05, 4.69) is 10.1 Å². The molecule has 20 heavy (non-hydrogen) atoms. The van der Waals surface area contributed by atoms with Crippen LogP contribution in [0.3, 0.4) is 0 Å². The summed E-state index contributed by atoms with van der Waals surface area (Å²) in [6.45, 7) is 1.17. The van der Waals surface area contributed by atoms with Crippen molar-refractivity contribution in [3.63, 3.8) is 0 Å². The maximum atomic E-state index is 11.9. The highest BCUT2D eigenvalue weighted by Gasteiger charge is 2.30. The van der Waals surface area contributed by atoms with Gasteiger partial charge in [-0.2, -0.15) is 0 Å². The molecule has 5 nitrogen and oxygen atoms in total. The molecule has 1 rings (SSSR count). The number of anilines is 1. The third-order valence-corrected chi connectivity index (χ3v) is 2.29. The molecule has 0 fully saturated rings. The van der Waals surface area contributed by atoms with Gasteiger partial charge in [0.25, 0.3) is 0 Å². The van der Waals surface area contributed by atoms with Gasteiger partial charge in [-0.25, -0.2) is 0 Å². The predicted molar refractivity (Wildman–Crippen MR) is 65.1 cm³/mol. The maximum absolute atomic E-state index is 11.9. The van der Waals surface area contributed by atoms with E-state index in [1.54, 1.807) is 0 Å². The van der Waals surface area contributed by atoms with E-state index in [1.807, 2.05) is 0 Å². The van der Waals surface area contributed by atoms with Gasteiger partial charge in [0, 0.05) is 19.7 Å². The highest BCUT2D eigenvalue weighted by molar-refractivity contribution is 5.94. The normalized spacial score (nSPS) is 10.8. The highest BCUT2D eigenvalue weighted by Crippen LogP contribution is 2.23. The van der Waals surface area contributed by atoms with Crippen LogP contribution >= 0.6 is 0 Å². The number of hydrogen-bond acceptors (Lipinski definition) is 3. The standard InChI is InChI=1S/C12H13F3N2O3/c1-8(18)17(2)7-11(19)16-9-3-5-10(6-4-9)20-12(13,14)15/h3-6H,7H2,1-2H3,(H,16,19). The molecule has 0 spiro atoms. The van der Waals surface area contributed by atoms with Crippen LogP contribution in [0.4, 0.5) is 18.9 Å². The topological polar surface area (TPSA) is 58.6 Å². The van der Waals surface area contributed by atoms with Crippen molar-refractivity contribution in [2.24, 2.45) is 0 Å². The second-order valence-corrected chi connectivity index (χ2v) is 4.00. The van der Waals surface area contributed by atoms with Crippen LogP contribution in [0.2, 0.25) is 0 Å². The second-order valence-electron chi connectivity index (χ2n) is 4.00. The minimum atomic E-state index is -4.75. The van der Waals surface area contributed by atoms with Gasteiger partial charge >= 0.3 is 6.36 Å². The van der Waals surface area contributed by atoms with Crippen molar-refractivity contribution in [2.75, 3.05) is 18.9 Å². The fourth-order valence-corrected chi connectivity index (χ4v) is 1.27. The number of halogens is 3. The molecule has 0 saturated carbocycles. The number of ether oxygens (including phenoxy) is 1. The zero-order chi connectivity index (χ0) is 15.3. The van der Waals surface area contributed by atoms with Crippen LogP contribution in [0.15, 0.2) is 24.3 Å². The van der Waals surface area contributed by atoms with Crippen LogP contribution in [-0.4, -0.2) is 36.7 Å². The summed E-state index contributed by atoms with van der Waals surface area (Å²) >= 11 is 0. The Bertz CT molecular complexity index is 486. The van der Waals surface area contributed by atoms with Crippen molar-refractivity contribution in [1.29, 1.82) is 0 Å². The number of carbonyl (C=O) groups is 2. The zero-order valence-corrected chi connectivity index (χ0v) is 10.8. The summed E-state index contributed by atoms with van der Waals surface area (Å²) in [7, 11) is 1.46. The highest BCUT2D eigenvalue weighted by atomic mass is 19.4. The smallest absolute Gasteiger partial charge is 0.406 e. The van der Waals surface area contributed by atoms with E-state index in [9.17, 15) is 22.8 Å². The third kappa shape index (κ3) is 5.59. The second kappa shape index (κ2) is 6.27. The van der Waals surface area contributed by atoms with E-state index in [0.717, 1.165) is 12.1 Å². The molecular formula is C12H13F3N2O3. The molecule has 0 aromatic heterocycles. The van der Waals surface area contributed by atoms with Gasteiger partial charge in [0.2, 0.25) is 11.8 Å². The van der Waals surface area contributed by atoms with Crippen molar-refractivity contribution in [1.82, 2.24) is 4.90 Å².